The van der Waals surface area contributed by atoms with Crippen molar-refractivity contribution in [1.29, 1.82) is 0 Å². The van der Waals surface area contributed by atoms with Gasteiger partial charge in [-0.15, -0.1) is 0 Å². The van der Waals surface area contributed by atoms with E-state index in [9.17, 15) is 4.79 Å². The highest BCUT2D eigenvalue weighted by atomic mass is 32.1. The van der Waals surface area contributed by atoms with Crippen molar-refractivity contribution in [2.24, 2.45) is 0 Å². The molecule has 0 atom stereocenters. The van der Waals surface area contributed by atoms with E-state index < -0.39 is 6.09 Å². The summed E-state index contributed by atoms with van der Waals surface area (Å²) in [6.45, 7) is 0. The number of hydrogen-bond acceptors (Lipinski definition) is 5. The Hall–Kier alpha value is -2.67. The molecule has 0 bridgehead atoms. The Balaban J connectivity index is 2.01. The Morgan fingerprint density at radius 2 is 2.05 bits per heavy atom. The second-order valence-electron chi connectivity index (χ2n) is 4.10. The maximum absolute atomic E-state index is 10.6. The minimum atomic E-state index is -1.12. The van der Waals surface area contributed by atoms with E-state index in [0.717, 1.165) is 21.3 Å². The van der Waals surface area contributed by atoms with Crippen LogP contribution in [-0.2, 0) is 0 Å². The zero-order chi connectivity index (χ0) is 14.1. The van der Waals surface area contributed by atoms with Crippen LogP contribution in [-0.4, -0.2) is 21.2 Å². The number of fused-ring (bicyclic) bond motifs is 1. The summed E-state index contributed by atoms with van der Waals surface area (Å²) in [5, 5.41) is 11.3. The van der Waals surface area contributed by atoms with Gasteiger partial charge in [0.2, 0.25) is 0 Å². The topological polar surface area (TPSA) is 101 Å². The van der Waals surface area contributed by atoms with Crippen molar-refractivity contribution in [2.45, 2.75) is 0 Å². The normalized spacial score (nSPS) is 10.6. The standard InChI is InChI=1S/C13H10N4O2S/c14-11-4-2-8(6-15-11)7-1-3-9-10(5-7)20-12(16-9)17-13(18)19/h1-6H,(H2,14,15)(H,16,17)(H,18,19). The minimum Gasteiger partial charge on any atom is -0.465 e. The summed E-state index contributed by atoms with van der Waals surface area (Å²) in [5.41, 5.74) is 8.25. The maximum Gasteiger partial charge on any atom is 0.410 e. The lowest BCUT2D eigenvalue weighted by atomic mass is 10.1. The highest BCUT2D eigenvalue weighted by Crippen LogP contribution is 2.30. The lowest BCUT2D eigenvalue weighted by Crippen LogP contribution is -2.06. The molecule has 0 spiro atoms. The van der Waals surface area contributed by atoms with Gasteiger partial charge < -0.3 is 10.8 Å². The third kappa shape index (κ3) is 2.39. The molecule has 4 N–H and O–H groups in total. The Kier molecular flexibility index (Phi) is 2.96. The zero-order valence-corrected chi connectivity index (χ0v) is 11.0. The number of benzene rings is 1. The molecule has 2 aromatic heterocycles. The molecule has 0 unspecified atom stereocenters. The van der Waals surface area contributed by atoms with Crippen molar-refractivity contribution in [2.75, 3.05) is 11.1 Å². The van der Waals surface area contributed by atoms with E-state index in [4.69, 9.17) is 10.8 Å². The van der Waals surface area contributed by atoms with Crippen LogP contribution >= 0.6 is 11.3 Å². The molecule has 6 nitrogen and oxygen atoms in total. The lowest BCUT2D eigenvalue weighted by Gasteiger charge is -2.01. The van der Waals surface area contributed by atoms with Crippen LogP contribution in [0.15, 0.2) is 36.5 Å². The van der Waals surface area contributed by atoms with E-state index >= 15 is 0 Å². The first-order chi connectivity index (χ1) is 9.61. The molecule has 0 aliphatic carbocycles. The average molecular weight is 286 g/mol. The van der Waals surface area contributed by atoms with Gasteiger partial charge in [0.25, 0.3) is 0 Å². The van der Waals surface area contributed by atoms with Crippen LogP contribution in [0.1, 0.15) is 0 Å². The van der Waals surface area contributed by atoms with Crippen molar-refractivity contribution >= 4 is 38.6 Å². The van der Waals surface area contributed by atoms with Crippen LogP contribution < -0.4 is 11.1 Å². The maximum atomic E-state index is 10.6. The fraction of sp³-hybridized carbons (Fsp3) is 0. The Bertz CT molecular complexity index is 783. The number of rotatable bonds is 2. The second kappa shape index (κ2) is 4.78. The summed E-state index contributed by atoms with van der Waals surface area (Å²) in [6.07, 6.45) is 0.584. The number of nitrogens with zero attached hydrogens (tertiary/aromatic N) is 2. The third-order valence-corrected chi connectivity index (χ3v) is 3.66. The SMILES string of the molecule is Nc1ccc(-c2ccc3nc(NC(=O)O)sc3c2)cn1. The number of anilines is 2. The van der Waals surface area contributed by atoms with Gasteiger partial charge in [-0.2, -0.15) is 0 Å². The molecule has 20 heavy (non-hydrogen) atoms. The van der Waals surface area contributed by atoms with Crippen molar-refractivity contribution in [1.82, 2.24) is 9.97 Å². The highest BCUT2D eigenvalue weighted by molar-refractivity contribution is 7.22. The summed E-state index contributed by atoms with van der Waals surface area (Å²) in [6, 6.07) is 9.35. The van der Waals surface area contributed by atoms with Crippen LogP contribution in [0.3, 0.4) is 0 Å². The molecule has 3 aromatic rings. The molecular formula is C13H10N4O2S. The van der Waals surface area contributed by atoms with Gasteiger partial charge in [0, 0.05) is 11.8 Å². The van der Waals surface area contributed by atoms with Gasteiger partial charge in [-0.05, 0) is 29.8 Å². The van der Waals surface area contributed by atoms with E-state index in [1.807, 2.05) is 24.3 Å². The van der Waals surface area contributed by atoms with Crippen LogP contribution in [0.5, 0.6) is 0 Å². The van der Waals surface area contributed by atoms with Gasteiger partial charge in [0.15, 0.2) is 5.13 Å². The molecule has 0 saturated carbocycles. The van der Waals surface area contributed by atoms with Crippen molar-refractivity contribution in [3.63, 3.8) is 0 Å². The lowest BCUT2D eigenvalue weighted by molar-refractivity contribution is 0.210. The fourth-order valence-electron chi connectivity index (χ4n) is 1.83. The Morgan fingerprint density at radius 1 is 1.25 bits per heavy atom. The second-order valence-corrected chi connectivity index (χ2v) is 5.13. The first-order valence-corrected chi connectivity index (χ1v) is 6.56. The van der Waals surface area contributed by atoms with Crippen molar-refractivity contribution < 1.29 is 9.90 Å². The van der Waals surface area contributed by atoms with E-state index in [1.54, 1.807) is 12.3 Å². The van der Waals surface area contributed by atoms with Crippen molar-refractivity contribution in [3.8, 4) is 11.1 Å². The number of nitrogen functional groups attached to an aromatic ring is 1. The summed E-state index contributed by atoms with van der Waals surface area (Å²) in [7, 11) is 0. The van der Waals surface area contributed by atoms with Gasteiger partial charge in [-0.1, -0.05) is 17.4 Å². The monoisotopic (exact) mass is 286 g/mol. The summed E-state index contributed by atoms with van der Waals surface area (Å²) >= 11 is 1.29. The molecule has 1 amide bonds. The molecule has 0 fully saturated rings. The summed E-state index contributed by atoms with van der Waals surface area (Å²) < 4.78 is 0.906. The Morgan fingerprint density at radius 3 is 2.75 bits per heavy atom. The molecule has 0 aliphatic heterocycles. The minimum absolute atomic E-state index is 0.361. The first-order valence-electron chi connectivity index (χ1n) is 5.74. The van der Waals surface area contributed by atoms with E-state index in [-0.39, 0.29) is 0 Å². The number of carbonyl (C=O) groups is 1. The molecular weight excluding hydrogens is 276 g/mol. The number of carboxylic acid groups (broad SMARTS) is 1. The Labute approximate surface area is 117 Å². The van der Waals surface area contributed by atoms with E-state index in [0.29, 0.717) is 10.9 Å². The predicted octanol–water partition coefficient (Wildman–Crippen LogP) is 3.03. The number of nitrogens with one attached hydrogen (secondary N) is 1. The fourth-order valence-corrected chi connectivity index (χ4v) is 2.72. The molecule has 1 aromatic carbocycles. The molecule has 7 heteroatoms. The quantitative estimate of drug-likeness (QED) is 0.672. The summed E-state index contributed by atoms with van der Waals surface area (Å²) in [4.78, 5) is 18.8. The van der Waals surface area contributed by atoms with E-state index in [2.05, 4.69) is 15.3 Å². The summed E-state index contributed by atoms with van der Waals surface area (Å²) in [5.74, 6) is 0.473. The predicted molar refractivity (Wildman–Crippen MR) is 78.9 cm³/mol. The number of aromatic nitrogens is 2. The highest BCUT2D eigenvalue weighted by Gasteiger charge is 2.07. The van der Waals surface area contributed by atoms with E-state index in [1.165, 1.54) is 11.3 Å². The van der Waals surface area contributed by atoms with Crippen LogP contribution in [0.4, 0.5) is 15.7 Å². The van der Waals surface area contributed by atoms with Crippen molar-refractivity contribution in [3.05, 3.63) is 36.5 Å². The largest absolute Gasteiger partial charge is 0.465 e. The number of pyridine rings is 1. The first kappa shape index (κ1) is 12.4. The number of thiazole rings is 1. The van der Waals surface area contributed by atoms with Crippen LogP contribution in [0, 0.1) is 0 Å². The number of amides is 1. The van der Waals surface area contributed by atoms with Gasteiger partial charge in [-0.25, -0.2) is 14.8 Å². The van der Waals surface area contributed by atoms with Gasteiger partial charge in [0.1, 0.15) is 5.82 Å². The smallest absolute Gasteiger partial charge is 0.410 e. The zero-order valence-electron chi connectivity index (χ0n) is 10.2. The molecule has 3 rings (SSSR count). The number of hydrogen-bond donors (Lipinski definition) is 3. The number of nitrogens with two attached hydrogens (primary N) is 1. The molecule has 100 valence electrons. The van der Waals surface area contributed by atoms with Crippen LogP contribution in [0.2, 0.25) is 0 Å². The third-order valence-electron chi connectivity index (χ3n) is 2.72. The van der Waals surface area contributed by atoms with Crippen LogP contribution in [0.25, 0.3) is 21.3 Å². The van der Waals surface area contributed by atoms with Gasteiger partial charge in [-0.3, -0.25) is 5.32 Å². The molecule has 0 saturated heterocycles. The molecule has 0 aliphatic rings. The molecule has 0 radical (unpaired) electrons. The van der Waals surface area contributed by atoms with Gasteiger partial charge >= 0.3 is 6.09 Å². The average Bonchev–Trinajstić information content (AvgIpc) is 2.79. The molecule has 2 heterocycles. The van der Waals surface area contributed by atoms with Gasteiger partial charge in [0.05, 0.1) is 10.2 Å².